The lowest BCUT2D eigenvalue weighted by molar-refractivity contribution is 0.439. The Morgan fingerprint density at radius 3 is 2.46 bits per heavy atom. The van der Waals surface area contributed by atoms with E-state index in [-0.39, 0.29) is 6.04 Å². The molecule has 0 spiro atoms. The molecular formula is C8H16N4O. The van der Waals surface area contributed by atoms with Crippen LogP contribution < -0.4 is 10.6 Å². The predicted molar refractivity (Wildman–Crippen MR) is 50.5 cm³/mol. The highest BCUT2D eigenvalue weighted by molar-refractivity contribution is 5.18. The molecule has 2 N–H and O–H groups in total. The fourth-order valence-corrected chi connectivity index (χ4v) is 0.838. The van der Waals surface area contributed by atoms with E-state index in [4.69, 9.17) is 4.42 Å². The van der Waals surface area contributed by atoms with Gasteiger partial charge in [0.15, 0.2) is 0 Å². The van der Waals surface area contributed by atoms with Crippen molar-refractivity contribution in [3.05, 3.63) is 5.89 Å². The van der Waals surface area contributed by atoms with Crippen LogP contribution in [-0.2, 0) is 0 Å². The molecule has 1 aromatic rings. The van der Waals surface area contributed by atoms with Gasteiger partial charge >= 0.3 is 6.01 Å². The lowest BCUT2D eigenvalue weighted by Gasteiger charge is -2.04. The largest absolute Gasteiger partial charge is 0.406 e. The third kappa shape index (κ3) is 2.69. The molecule has 0 aliphatic carbocycles. The second-order valence-electron chi connectivity index (χ2n) is 3.25. The summed E-state index contributed by atoms with van der Waals surface area (Å²) in [4.78, 5) is 0. The van der Waals surface area contributed by atoms with Gasteiger partial charge in [0.2, 0.25) is 5.89 Å². The van der Waals surface area contributed by atoms with Gasteiger partial charge in [-0.25, -0.2) is 0 Å². The van der Waals surface area contributed by atoms with Gasteiger partial charge < -0.3 is 15.1 Å². The van der Waals surface area contributed by atoms with Crippen LogP contribution in [0.4, 0.5) is 6.01 Å². The van der Waals surface area contributed by atoms with Crippen LogP contribution in [0.15, 0.2) is 4.42 Å². The fraction of sp³-hybridized carbons (Fsp3) is 0.750. The molecule has 1 atom stereocenters. The molecule has 5 heteroatoms. The van der Waals surface area contributed by atoms with E-state index in [1.165, 1.54) is 0 Å². The maximum atomic E-state index is 5.35. The zero-order valence-corrected chi connectivity index (χ0v) is 8.46. The summed E-state index contributed by atoms with van der Waals surface area (Å²) in [6, 6.07) is 0.875. The smallest absolute Gasteiger partial charge is 0.315 e. The molecule has 0 amide bonds. The zero-order valence-electron chi connectivity index (χ0n) is 8.46. The van der Waals surface area contributed by atoms with Gasteiger partial charge in [0, 0.05) is 6.04 Å². The molecule has 0 fully saturated rings. The second kappa shape index (κ2) is 4.23. The summed E-state index contributed by atoms with van der Waals surface area (Å²) in [6.45, 7) is 6.00. The van der Waals surface area contributed by atoms with E-state index in [9.17, 15) is 0 Å². The number of nitrogens with one attached hydrogen (secondary N) is 2. The summed E-state index contributed by atoms with van der Waals surface area (Å²) in [6.07, 6.45) is 0. The van der Waals surface area contributed by atoms with Gasteiger partial charge in [-0.3, -0.25) is 0 Å². The standard InChI is InChI=1S/C8H16N4O/c1-5(2)10-8-12-11-7(13-8)6(3)9-4/h5-6,9H,1-4H3,(H,10,12). The van der Waals surface area contributed by atoms with Gasteiger partial charge in [0.05, 0.1) is 6.04 Å². The Balaban J connectivity index is 2.63. The monoisotopic (exact) mass is 184 g/mol. The summed E-state index contributed by atoms with van der Waals surface area (Å²) < 4.78 is 5.35. The summed E-state index contributed by atoms with van der Waals surface area (Å²) in [7, 11) is 1.85. The summed E-state index contributed by atoms with van der Waals surface area (Å²) in [5.41, 5.74) is 0. The van der Waals surface area contributed by atoms with Gasteiger partial charge in [0.25, 0.3) is 0 Å². The number of nitrogens with zero attached hydrogens (tertiary/aromatic N) is 2. The lowest BCUT2D eigenvalue weighted by Crippen LogP contribution is -2.12. The highest BCUT2D eigenvalue weighted by atomic mass is 16.4. The molecule has 1 unspecified atom stereocenters. The van der Waals surface area contributed by atoms with Crippen LogP contribution in [-0.4, -0.2) is 23.3 Å². The number of aromatic nitrogens is 2. The van der Waals surface area contributed by atoms with Crippen molar-refractivity contribution < 1.29 is 4.42 Å². The lowest BCUT2D eigenvalue weighted by atomic mass is 10.3. The normalized spacial score (nSPS) is 13.3. The Kier molecular flexibility index (Phi) is 3.25. The van der Waals surface area contributed by atoms with Crippen LogP contribution in [0.25, 0.3) is 0 Å². The van der Waals surface area contributed by atoms with Crippen molar-refractivity contribution in [2.75, 3.05) is 12.4 Å². The molecule has 1 rings (SSSR count). The number of hydrogen-bond donors (Lipinski definition) is 2. The van der Waals surface area contributed by atoms with Crippen molar-refractivity contribution in [3.8, 4) is 0 Å². The van der Waals surface area contributed by atoms with Crippen molar-refractivity contribution in [2.45, 2.75) is 32.9 Å². The molecule has 0 saturated heterocycles. The molecule has 74 valence electrons. The highest BCUT2D eigenvalue weighted by Gasteiger charge is 2.11. The van der Waals surface area contributed by atoms with Gasteiger partial charge in [-0.2, -0.15) is 0 Å². The SMILES string of the molecule is CNC(C)c1nnc(NC(C)C)o1. The molecule has 1 heterocycles. The van der Waals surface area contributed by atoms with Crippen LogP contribution in [0.2, 0.25) is 0 Å². The summed E-state index contributed by atoms with van der Waals surface area (Å²) >= 11 is 0. The summed E-state index contributed by atoms with van der Waals surface area (Å²) in [5, 5.41) is 13.8. The minimum atomic E-state index is 0.0928. The van der Waals surface area contributed by atoms with Gasteiger partial charge in [-0.1, -0.05) is 5.10 Å². The first-order valence-corrected chi connectivity index (χ1v) is 4.40. The minimum absolute atomic E-state index is 0.0928. The third-order valence-corrected chi connectivity index (χ3v) is 1.66. The molecule has 13 heavy (non-hydrogen) atoms. The molecule has 0 aromatic carbocycles. The third-order valence-electron chi connectivity index (χ3n) is 1.66. The van der Waals surface area contributed by atoms with Crippen LogP contribution in [0.3, 0.4) is 0 Å². The predicted octanol–water partition coefficient (Wildman–Crippen LogP) is 1.17. The quantitative estimate of drug-likeness (QED) is 0.735. The van der Waals surface area contributed by atoms with E-state index in [2.05, 4.69) is 20.8 Å². The Bertz CT molecular complexity index is 258. The Hall–Kier alpha value is -1.10. The van der Waals surface area contributed by atoms with Gasteiger partial charge in [-0.15, -0.1) is 5.10 Å². The van der Waals surface area contributed by atoms with Crippen LogP contribution in [0.5, 0.6) is 0 Å². The van der Waals surface area contributed by atoms with E-state index >= 15 is 0 Å². The Morgan fingerprint density at radius 1 is 1.23 bits per heavy atom. The number of rotatable bonds is 4. The average Bonchev–Trinajstić information content (AvgIpc) is 2.50. The Labute approximate surface area is 77.9 Å². The van der Waals surface area contributed by atoms with Crippen LogP contribution in [0, 0.1) is 0 Å². The van der Waals surface area contributed by atoms with Crippen molar-refractivity contribution in [2.24, 2.45) is 0 Å². The molecule has 0 bridgehead atoms. The van der Waals surface area contributed by atoms with Crippen LogP contribution >= 0.6 is 0 Å². The first-order valence-electron chi connectivity index (χ1n) is 4.40. The Morgan fingerprint density at radius 2 is 1.92 bits per heavy atom. The maximum Gasteiger partial charge on any atom is 0.315 e. The first kappa shape index (κ1) is 9.98. The molecule has 1 aromatic heterocycles. The van der Waals surface area contributed by atoms with E-state index in [0.29, 0.717) is 17.9 Å². The van der Waals surface area contributed by atoms with E-state index in [1.807, 2.05) is 27.8 Å². The topological polar surface area (TPSA) is 63.0 Å². The van der Waals surface area contributed by atoms with Crippen LogP contribution in [0.1, 0.15) is 32.7 Å². The molecule has 0 aliphatic heterocycles. The second-order valence-corrected chi connectivity index (χ2v) is 3.25. The highest BCUT2D eigenvalue weighted by Crippen LogP contribution is 2.13. The summed E-state index contributed by atoms with van der Waals surface area (Å²) in [5.74, 6) is 0.602. The average molecular weight is 184 g/mol. The van der Waals surface area contributed by atoms with E-state index in [0.717, 1.165) is 0 Å². The molecule has 0 saturated carbocycles. The maximum absolute atomic E-state index is 5.35. The zero-order chi connectivity index (χ0) is 9.84. The fourth-order valence-electron chi connectivity index (χ4n) is 0.838. The molecular weight excluding hydrogens is 168 g/mol. The van der Waals surface area contributed by atoms with E-state index < -0.39 is 0 Å². The van der Waals surface area contributed by atoms with Crippen molar-refractivity contribution in [3.63, 3.8) is 0 Å². The minimum Gasteiger partial charge on any atom is -0.406 e. The molecule has 0 aliphatic rings. The van der Waals surface area contributed by atoms with Crippen molar-refractivity contribution in [1.29, 1.82) is 0 Å². The van der Waals surface area contributed by atoms with Crippen molar-refractivity contribution in [1.82, 2.24) is 15.5 Å². The molecule has 0 radical (unpaired) electrons. The van der Waals surface area contributed by atoms with Crippen molar-refractivity contribution >= 4 is 6.01 Å². The first-order chi connectivity index (χ1) is 6.13. The number of hydrogen-bond acceptors (Lipinski definition) is 5. The van der Waals surface area contributed by atoms with Gasteiger partial charge in [0.1, 0.15) is 0 Å². The number of anilines is 1. The van der Waals surface area contributed by atoms with Gasteiger partial charge in [-0.05, 0) is 27.8 Å². The molecule has 5 nitrogen and oxygen atoms in total. The van der Waals surface area contributed by atoms with E-state index in [1.54, 1.807) is 0 Å².